The second-order valence-corrected chi connectivity index (χ2v) is 9.56. The molecular weight excluding hydrogens is 406 g/mol. The van der Waals surface area contributed by atoms with E-state index in [0.717, 1.165) is 0 Å². The molecule has 0 saturated carbocycles. The van der Waals surface area contributed by atoms with Gasteiger partial charge in [-0.2, -0.15) is 0 Å². The number of aldehydes is 2. The molecule has 9 nitrogen and oxygen atoms in total. The lowest BCUT2D eigenvalue weighted by Gasteiger charge is -2.63. The van der Waals surface area contributed by atoms with Crippen molar-refractivity contribution in [3.05, 3.63) is 0 Å². The molecule has 0 radical (unpaired) electrons. The zero-order chi connectivity index (χ0) is 23.6. The van der Waals surface area contributed by atoms with Crippen LogP contribution in [-0.2, 0) is 28.5 Å². The Morgan fingerprint density at radius 2 is 1.74 bits per heavy atom. The number of hydrogen-bond acceptors (Lipinski definition) is 8. The number of ether oxygens (including phenoxy) is 4. The molecule has 2 saturated heterocycles. The zero-order valence-electron chi connectivity index (χ0n) is 19.1. The van der Waals surface area contributed by atoms with E-state index < -0.39 is 53.2 Å². The molecule has 1 amide bonds. The van der Waals surface area contributed by atoms with E-state index in [1.54, 1.807) is 48.5 Å². The van der Waals surface area contributed by atoms with E-state index in [1.165, 1.54) is 4.90 Å². The van der Waals surface area contributed by atoms with E-state index in [2.05, 4.69) is 11.8 Å². The van der Waals surface area contributed by atoms with E-state index in [0.29, 0.717) is 12.6 Å². The summed E-state index contributed by atoms with van der Waals surface area (Å²) in [5.74, 6) is 5.18. The van der Waals surface area contributed by atoms with Crippen LogP contribution in [0.2, 0.25) is 0 Å². The van der Waals surface area contributed by atoms with Gasteiger partial charge in [0.25, 0.3) is 0 Å². The maximum Gasteiger partial charge on any atom is 0.509 e. The molecule has 0 aromatic rings. The molecule has 0 bridgehead atoms. The third kappa shape index (κ3) is 5.01. The highest BCUT2D eigenvalue weighted by Crippen LogP contribution is 2.50. The van der Waals surface area contributed by atoms with Crippen molar-refractivity contribution >= 4 is 24.8 Å². The van der Waals surface area contributed by atoms with Crippen LogP contribution in [0.25, 0.3) is 0 Å². The van der Waals surface area contributed by atoms with Crippen molar-refractivity contribution in [2.45, 2.75) is 89.9 Å². The quantitative estimate of drug-likeness (QED) is 0.375. The van der Waals surface area contributed by atoms with Gasteiger partial charge in [0.2, 0.25) is 0 Å². The average molecular weight is 437 g/mol. The molecule has 31 heavy (non-hydrogen) atoms. The SMILES string of the molecule is CC#CC12C(COC(CC=O)C1OC(=O)OC(C)(C)C)C(C=O)N2C(=O)OC(C)(C)C. The number of rotatable bonds is 4. The lowest BCUT2D eigenvalue weighted by molar-refractivity contribution is -0.239. The molecular formula is C22H31NO8. The van der Waals surface area contributed by atoms with Crippen molar-refractivity contribution in [1.29, 1.82) is 0 Å². The van der Waals surface area contributed by atoms with Gasteiger partial charge in [0.15, 0.2) is 11.6 Å². The molecule has 0 spiro atoms. The van der Waals surface area contributed by atoms with Crippen LogP contribution in [0.5, 0.6) is 0 Å². The van der Waals surface area contributed by atoms with E-state index in [4.69, 9.17) is 18.9 Å². The number of nitrogens with zero attached hydrogens (tertiary/aromatic N) is 1. The number of fused-ring (bicyclic) bond motifs is 1. The Balaban J connectivity index is 2.53. The minimum Gasteiger partial charge on any atom is -0.444 e. The van der Waals surface area contributed by atoms with E-state index in [9.17, 15) is 19.2 Å². The first-order valence-electron chi connectivity index (χ1n) is 10.2. The summed E-state index contributed by atoms with van der Waals surface area (Å²) in [4.78, 5) is 49.9. The van der Waals surface area contributed by atoms with Gasteiger partial charge in [-0.15, -0.1) is 5.92 Å². The normalized spacial score (nSPS) is 30.0. The van der Waals surface area contributed by atoms with Crippen LogP contribution < -0.4 is 0 Å². The van der Waals surface area contributed by atoms with Crippen LogP contribution in [0.15, 0.2) is 0 Å². The largest absolute Gasteiger partial charge is 0.509 e. The molecule has 2 fully saturated rings. The number of hydrogen-bond donors (Lipinski definition) is 0. The molecule has 0 aromatic carbocycles. The van der Waals surface area contributed by atoms with Crippen LogP contribution in [0.1, 0.15) is 54.9 Å². The zero-order valence-corrected chi connectivity index (χ0v) is 19.1. The molecule has 2 aliphatic rings. The Labute approximate surface area is 182 Å². The molecule has 5 atom stereocenters. The molecule has 0 N–H and O–H groups in total. The summed E-state index contributed by atoms with van der Waals surface area (Å²) < 4.78 is 22.1. The minimum absolute atomic E-state index is 0.0596. The summed E-state index contributed by atoms with van der Waals surface area (Å²) in [5.41, 5.74) is -3.05. The van der Waals surface area contributed by atoms with Gasteiger partial charge in [-0.1, -0.05) is 5.92 Å². The number of carbonyl (C=O) groups is 4. The molecule has 2 rings (SSSR count). The molecule has 5 unspecified atom stereocenters. The summed E-state index contributed by atoms with van der Waals surface area (Å²) in [7, 11) is 0. The first kappa shape index (κ1) is 24.7. The summed E-state index contributed by atoms with van der Waals surface area (Å²) in [6.07, 6.45) is -2.64. The summed E-state index contributed by atoms with van der Waals surface area (Å²) >= 11 is 0. The van der Waals surface area contributed by atoms with Crippen molar-refractivity contribution < 1.29 is 38.1 Å². The first-order chi connectivity index (χ1) is 14.3. The molecule has 0 aromatic heterocycles. The Kier molecular flexibility index (Phi) is 7.06. The molecule has 9 heteroatoms. The number of carbonyl (C=O) groups excluding carboxylic acids is 4. The monoisotopic (exact) mass is 437 g/mol. The standard InChI is InChI=1S/C22H31NO8/c1-8-10-22-14(15(12-25)23(22)18(26)30-20(2,3)4)13-28-16(9-11-24)17(22)29-19(27)31-21(5,6)7/h11-12,14-17H,9,13H2,1-7H3. The topological polar surface area (TPSA) is 108 Å². The summed E-state index contributed by atoms with van der Waals surface area (Å²) in [6, 6.07) is -0.877. The molecule has 172 valence electrons. The number of amides is 1. The molecule has 0 aliphatic carbocycles. The van der Waals surface area contributed by atoms with E-state index >= 15 is 0 Å². The maximum absolute atomic E-state index is 13.1. The highest BCUT2D eigenvalue weighted by Gasteiger charge is 2.71. The van der Waals surface area contributed by atoms with Gasteiger partial charge in [0.05, 0.1) is 6.61 Å². The van der Waals surface area contributed by atoms with Gasteiger partial charge in [-0.3, -0.25) is 4.90 Å². The second kappa shape index (κ2) is 8.87. The Morgan fingerprint density at radius 3 is 2.23 bits per heavy atom. The van der Waals surface area contributed by atoms with Crippen molar-refractivity contribution in [3.63, 3.8) is 0 Å². The number of likely N-dealkylation sites (tertiary alicyclic amines) is 1. The summed E-state index contributed by atoms with van der Waals surface area (Å²) in [6.45, 7) is 11.8. The van der Waals surface area contributed by atoms with Gasteiger partial charge < -0.3 is 28.5 Å². The Hall–Kier alpha value is -2.60. The Bertz CT molecular complexity index is 784. The third-order valence-electron chi connectivity index (χ3n) is 4.93. The molecule has 2 aliphatic heterocycles. The minimum atomic E-state index is -1.40. The van der Waals surface area contributed by atoms with Crippen molar-refractivity contribution in [1.82, 2.24) is 4.90 Å². The van der Waals surface area contributed by atoms with Crippen LogP contribution >= 0.6 is 0 Å². The van der Waals surface area contributed by atoms with Crippen molar-refractivity contribution in [2.24, 2.45) is 5.92 Å². The third-order valence-corrected chi connectivity index (χ3v) is 4.93. The fourth-order valence-electron chi connectivity index (χ4n) is 3.95. The predicted octanol–water partition coefficient (Wildman–Crippen LogP) is 2.49. The second-order valence-electron chi connectivity index (χ2n) is 9.56. The highest BCUT2D eigenvalue weighted by molar-refractivity contribution is 5.80. The van der Waals surface area contributed by atoms with Gasteiger partial charge in [0, 0.05) is 12.3 Å². The van der Waals surface area contributed by atoms with Crippen LogP contribution in [0.4, 0.5) is 9.59 Å². The Morgan fingerprint density at radius 1 is 1.13 bits per heavy atom. The smallest absolute Gasteiger partial charge is 0.444 e. The fourth-order valence-corrected chi connectivity index (χ4v) is 3.95. The van der Waals surface area contributed by atoms with E-state index in [-0.39, 0.29) is 13.0 Å². The van der Waals surface area contributed by atoms with Crippen molar-refractivity contribution in [3.8, 4) is 11.8 Å². The summed E-state index contributed by atoms with van der Waals surface area (Å²) in [5, 5.41) is 0. The van der Waals surface area contributed by atoms with Crippen LogP contribution in [0.3, 0.4) is 0 Å². The highest BCUT2D eigenvalue weighted by atomic mass is 16.7. The van der Waals surface area contributed by atoms with Gasteiger partial charge in [-0.05, 0) is 48.5 Å². The first-order valence-corrected chi connectivity index (χ1v) is 10.2. The lowest BCUT2D eigenvalue weighted by atomic mass is 9.63. The molecule has 2 heterocycles. The van der Waals surface area contributed by atoms with Gasteiger partial charge in [-0.25, -0.2) is 9.59 Å². The van der Waals surface area contributed by atoms with Gasteiger partial charge in [0.1, 0.15) is 35.9 Å². The van der Waals surface area contributed by atoms with Crippen molar-refractivity contribution in [2.75, 3.05) is 6.61 Å². The van der Waals surface area contributed by atoms with Crippen LogP contribution in [-0.4, -0.2) is 71.3 Å². The average Bonchev–Trinajstić information content (AvgIpc) is 2.58. The predicted molar refractivity (Wildman–Crippen MR) is 109 cm³/mol. The van der Waals surface area contributed by atoms with Gasteiger partial charge >= 0.3 is 12.2 Å². The maximum atomic E-state index is 13.1. The van der Waals surface area contributed by atoms with Crippen LogP contribution in [0, 0.1) is 17.8 Å². The van der Waals surface area contributed by atoms with E-state index in [1.807, 2.05) is 0 Å². The lowest BCUT2D eigenvalue weighted by Crippen LogP contribution is -2.84. The fraction of sp³-hybridized carbons (Fsp3) is 0.727.